The lowest BCUT2D eigenvalue weighted by Gasteiger charge is -2.23. The Balaban J connectivity index is 1.82. The highest BCUT2D eigenvalue weighted by Crippen LogP contribution is 2.43. The third-order valence-corrected chi connectivity index (χ3v) is 4.59. The van der Waals surface area contributed by atoms with Gasteiger partial charge >= 0.3 is 5.97 Å². The number of carboxylic acid groups (broad SMARTS) is 1. The van der Waals surface area contributed by atoms with Gasteiger partial charge in [-0.3, -0.25) is 9.69 Å². The van der Waals surface area contributed by atoms with Gasteiger partial charge in [0.15, 0.2) is 0 Å². The predicted molar refractivity (Wildman–Crippen MR) is 71.0 cm³/mol. The Labute approximate surface area is 117 Å². The number of nitrogens with zero attached hydrogens (tertiary/aromatic N) is 1. The number of carbonyl (C=O) groups is 1. The maximum Gasteiger partial charge on any atom is 0.308 e. The SMILES string of the molecule is COc1ccc(F)cc1CN1C2CCC1C(C(=O)O)C2. The van der Waals surface area contributed by atoms with Crippen LogP contribution in [-0.2, 0) is 11.3 Å². The van der Waals surface area contributed by atoms with Crippen LogP contribution in [0.25, 0.3) is 0 Å². The first-order valence-electron chi connectivity index (χ1n) is 6.91. The lowest BCUT2D eigenvalue weighted by molar-refractivity contribution is -0.142. The van der Waals surface area contributed by atoms with Gasteiger partial charge in [-0.2, -0.15) is 0 Å². The van der Waals surface area contributed by atoms with E-state index in [1.165, 1.54) is 12.1 Å². The number of fused-ring (bicyclic) bond motifs is 2. The van der Waals surface area contributed by atoms with E-state index in [2.05, 4.69) is 4.90 Å². The van der Waals surface area contributed by atoms with Gasteiger partial charge in [-0.05, 0) is 37.5 Å². The van der Waals surface area contributed by atoms with E-state index in [1.807, 2.05) is 0 Å². The highest BCUT2D eigenvalue weighted by atomic mass is 19.1. The van der Waals surface area contributed by atoms with Gasteiger partial charge in [0, 0.05) is 24.2 Å². The summed E-state index contributed by atoms with van der Waals surface area (Å²) in [7, 11) is 1.56. The summed E-state index contributed by atoms with van der Waals surface area (Å²) in [6.07, 6.45) is 2.66. The van der Waals surface area contributed by atoms with Gasteiger partial charge < -0.3 is 9.84 Å². The van der Waals surface area contributed by atoms with Crippen molar-refractivity contribution in [3.8, 4) is 5.75 Å². The van der Waals surface area contributed by atoms with Crippen molar-refractivity contribution < 1.29 is 19.0 Å². The lowest BCUT2D eigenvalue weighted by Crippen LogP contribution is -2.32. The normalized spacial score (nSPS) is 28.8. The highest BCUT2D eigenvalue weighted by molar-refractivity contribution is 5.71. The molecule has 2 bridgehead atoms. The molecule has 0 aliphatic carbocycles. The Kier molecular flexibility index (Phi) is 3.38. The molecule has 0 spiro atoms. The summed E-state index contributed by atoms with van der Waals surface area (Å²) >= 11 is 0. The quantitative estimate of drug-likeness (QED) is 0.918. The van der Waals surface area contributed by atoms with Gasteiger partial charge in [-0.25, -0.2) is 4.39 Å². The molecule has 0 aromatic heterocycles. The minimum atomic E-state index is -0.714. The number of halogens is 1. The number of aliphatic carboxylic acids is 1. The third-order valence-electron chi connectivity index (χ3n) is 4.59. The van der Waals surface area contributed by atoms with Crippen molar-refractivity contribution in [3.63, 3.8) is 0 Å². The second-order valence-electron chi connectivity index (χ2n) is 5.61. The fourth-order valence-corrected chi connectivity index (χ4v) is 3.68. The van der Waals surface area contributed by atoms with E-state index in [4.69, 9.17) is 4.74 Å². The predicted octanol–water partition coefficient (Wildman–Crippen LogP) is 2.27. The van der Waals surface area contributed by atoms with Crippen molar-refractivity contribution in [2.24, 2.45) is 5.92 Å². The van der Waals surface area contributed by atoms with Crippen LogP contribution in [0.4, 0.5) is 4.39 Å². The van der Waals surface area contributed by atoms with Crippen LogP contribution in [0.15, 0.2) is 18.2 Å². The van der Waals surface area contributed by atoms with Crippen LogP contribution in [0.5, 0.6) is 5.75 Å². The first-order valence-corrected chi connectivity index (χ1v) is 6.91. The standard InChI is InChI=1S/C15H18FNO3/c1-20-14-5-2-10(16)6-9(14)8-17-11-3-4-13(17)12(7-11)15(18)19/h2,5-6,11-13H,3-4,7-8H2,1H3,(H,18,19). The van der Waals surface area contributed by atoms with Gasteiger partial charge in [0.2, 0.25) is 0 Å². The van der Waals surface area contributed by atoms with Crippen molar-refractivity contribution in [2.75, 3.05) is 7.11 Å². The first-order chi connectivity index (χ1) is 9.60. The Morgan fingerprint density at radius 2 is 2.30 bits per heavy atom. The second kappa shape index (κ2) is 5.05. The molecule has 2 fully saturated rings. The topological polar surface area (TPSA) is 49.8 Å². The number of carboxylic acids is 1. The van der Waals surface area contributed by atoms with Gasteiger partial charge in [0.1, 0.15) is 11.6 Å². The molecule has 0 amide bonds. The lowest BCUT2D eigenvalue weighted by atomic mass is 9.89. The molecule has 3 rings (SSSR count). The molecule has 2 heterocycles. The van der Waals surface area contributed by atoms with Gasteiger partial charge in [-0.1, -0.05) is 0 Å². The smallest absolute Gasteiger partial charge is 0.308 e. The highest BCUT2D eigenvalue weighted by Gasteiger charge is 2.49. The largest absolute Gasteiger partial charge is 0.496 e. The first kappa shape index (κ1) is 13.4. The van der Waals surface area contributed by atoms with Crippen LogP contribution in [0.2, 0.25) is 0 Å². The van der Waals surface area contributed by atoms with Crippen molar-refractivity contribution in [3.05, 3.63) is 29.6 Å². The molecule has 4 nitrogen and oxygen atoms in total. The van der Waals surface area contributed by atoms with Crippen LogP contribution < -0.4 is 4.74 Å². The maximum atomic E-state index is 13.4. The molecular weight excluding hydrogens is 261 g/mol. The summed E-state index contributed by atoms with van der Waals surface area (Å²) in [6, 6.07) is 4.85. The van der Waals surface area contributed by atoms with Crippen LogP contribution >= 0.6 is 0 Å². The minimum Gasteiger partial charge on any atom is -0.496 e. The molecule has 0 radical (unpaired) electrons. The molecule has 3 atom stereocenters. The van der Waals surface area contributed by atoms with E-state index in [9.17, 15) is 14.3 Å². The molecule has 2 aliphatic heterocycles. The van der Waals surface area contributed by atoms with Crippen LogP contribution in [-0.4, -0.2) is 35.2 Å². The second-order valence-corrected chi connectivity index (χ2v) is 5.61. The van der Waals surface area contributed by atoms with E-state index in [0.717, 1.165) is 18.4 Å². The number of rotatable bonds is 4. The molecule has 2 saturated heterocycles. The Hall–Kier alpha value is -1.62. The maximum absolute atomic E-state index is 13.4. The number of hydrogen-bond donors (Lipinski definition) is 1. The van der Waals surface area contributed by atoms with Gasteiger partial charge in [0.25, 0.3) is 0 Å². The van der Waals surface area contributed by atoms with Crippen molar-refractivity contribution in [1.29, 1.82) is 0 Å². The third kappa shape index (κ3) is 2.16. The summed E-state index contributed by atoms with van der Waals surface area (Å²) in [5.41, 5.74) is 0.787. The number of benzene rings is 1. The van der Waals surface area contributed by atoms with E-state index in [0.29, 0.717) is 24.8 Å². The number of methoxy groups -OCH3 is 1. The zero-order valence-electron chi connectivity index (χ0n) is 11.4. The molecular formula is C15H18FNO3. The molecule has 20 heavy (non-hydrogen) atoms. The average Bonchev–Trinajstić information content (AvgIpc) is 2.96. The van der Waals surface area contributed by atoms with Crippen molar-refractivity contribution >= 4 is 5.97 Å². The van der Waals surface area contributed by atoms with Crippen molar-refractivity contribution in [2.45, 2.75) is 37.9 Å². The molecule has 2 aliphatic rings. The molecule has 1 aromatic rings. The fraction of sp³-hybridized carbons (Fsp3) is 0.533. The Bertz CT molecular complexity index is 534. The monoisotopic (exact) mass is 279 g/mol. The molecule has 1 aromatic carbocycles. The summed E-state index contributed by atoms with van der Waals surface area (Å²) in [4.78, 5) is 13.5. The molecule has 3 unspecified atom stereocenters. The number of ether oxygens (including phenoxy) is 1. The van der Waals surface area contributed by atoms with Gasteiger partial charge in [0.05, 0.1) is 13.0 Å². The Morgan fingerprint density at radius 3 is 2.95 bits per heavy atom. The fourth-order valence-electron chi connectivity index (χ4n) is 3.68. The zero-order chi connectivity index (χ0) is 14.3. The average molecular weight is 279 g/mol. The van der Waals surface area contributed by atoms with Gasteiger partial charge in [-0.15, -0.1) is 0 Å². The van der Waals surface area contributed by atoms with Crippen molar-refractivity contribution in [1.82, 2.24) is 4.90 Å². The zero-order valence-corrected chi connectivity index (χ0v) is 11.4. The molecule has 0 saturated carbocycles. The summed E-state index contributed by atoms with van der Waals surface area (Å²) in [5, 5.41) is 9.25. The summed E-state index contributed by atoms with van der Waals surface area (Å²) in [6.45, 7) is 0.556. The Morgan fingerprint density at radius 1 is 1.50 bits per heavy atom. The summed E-state index contributed by atoms with van der Waals surface area (Å²) < 4.78 is 18.7. The molecule has 1 N–H and O–H groups in total. The van der Waals surface area contributed by atoms with E-state index in [1.54, 1.807) is 13.2 Å². The van der Waals surface area contributed by atoms with E-state index >= 15 is 0 Å². The van der Waals surface area contributed by atoms with E-state index < -0.39 is 5.97 Å². The van der Waals surface area contributed by atoms with E-state index in [-0.39, 0.29) is 17.8 Å². The molecule has 108 valence electrons. The van der Waals surface area contributed by atoms with Crippen LogP contribution in [0.3, 0.4) is 0 Å². The minimum absolute atomic E-state index is 0.0745. The van der Waals surface area contributed by atoms with Crippen LogP contribution in [0, 0.1) is 11.7 Å². The molecule has 5 heteroatoms. The summed E-state index contributed by atoms with van der Waals surface area (Å²) in [5.74, 6) is -0.631. The van der Waals surface area contributed by atoms with Crippen LogP contribution in [0.1, 0.15) is 24.8 Å². The number of hydrogen-bond acceptors (Lipinski definition) is 3.